The quantitative estimate of drug-likeness (QED) is 0.183. The first-order chi connectivity index (χ1) is 24.8. The Morgan fingerprint density at radius 1 is 0.412 bits per heavy atom. The summed E-state index contributed by atoms with van der Waals surface area (Å²) in [6.07, 6.45) is 0. The first kappa shape index (κ1) is 29.9. The van der Waals surface area contributed by atoms with Gasteiger partial charge < -0.3 is 4.90 Å². The first-order valence-electron chi connectivity index (χ1n) is 18.1. The van der Waals surface area contributed by atoms with E-state index in [1.165, 1.54) is 94.2 Å². The van der Waals surface area contributed by atoms with Crippen molar-refractivity contribution in [3.05, 3.63) is 186 Å². The monoisotopic (exact) mass is 653 g/mol. The van der Waals surface area contributed by atoms with Gasteiger partial charge in [-0.15, -0.1) is 0 Å². The molecule has 0 saturated heterocycles. The third-order valence-electron chi connectivity index (χ3n) is 11.8. The van der Waals surface area contributed by atoms with Crippen molar-refractivity contribution in [3.8, 4) is 33.4 Å². The summed E-state index contributed by atoms with van der Waals surface area (Å²) in [7, 11) is 0. The smallest absolute Gasteiger partial charge is 0.0540 e. The predicted molar refractivity (Wildman–Crippen MR) is 217 cm³/mol. The molecule has 0 N–H and O–H groups in total. The van der Waals surface area contributed by atoms with Crippen LogP contribution in [0, 0.1) is 0 Å². The Kier molecular flexibility index (Phi) is 6.34. The van der Waals surface area contributed by atoms with Crippen molar-refractivity contribution in [3.63, 3.8) is 0 Å². The molecule has 0 fully saturated rings. The van der Waals surface area contributed by atoms with Gasteiger partial charge in [0.2, 0.25) is 0 Å². The molecule has 1 heteroatoms. The molecule has 10 rings (SSSR count). The SMILES string of the molecule is CC1(C)c2ccccc2-c2ccc(N(c3cccc4c3C(C)(C)c3cccc5ccc(-c6ccccc6)c-4c35)c3cccc4ccccc34)cc21. The number of hydrogen-bond acceptors (Lipinski definition) is 1. The van der Waals surface area contributed by atoms with Gasteiger partial charge in [-0.1, -0.05) is 167 Å². The number of benzene rings is 8. The molecule has 0 spiro atoms. The maximum absolute atomic E-state index is 2.55. The van der Waals surface area contributed by atoms with Crippen molar-refractivity contribution in [2.75, 3.05) is 4.90 Å². The molecular weight excluding hydrogens is 615 g/mol. The van der Waals surface area contributed by atoms with Crippen molar-refractivity contribution in [1.29, 1.82) is 0 Å². The molecule has 244 valence electrons. The number of fused-ring (bicyclic) bond motifs is 6. The van der Waals surface area contributed by atoms with Crippen molar-refractivity contribution in [2.24, 2.45) is 0 Å². The van der Waals surface area contributed by atoms with Gasteiger partial charge in [-0.05, 0) is 96.1 Å². The number of nitrogens with zero attached hydrogens (tertiary/aromatic N) is 1. The Balaban J connectivity index is 1.30. The second-order valence-electron chi connectivity index (χ2n) is 15.3. The summed E-state index contributed by atoms with van der Waals surface area (Å²) in [5.74, 6) is 0. The lowest BCUT2D eigenvalue weighted by Crippen LogP contribution is -2.27. The van der Waals surface area contributed by atoms with Crippen LogP contribution in [0.2, 0.25) is 0 Å². The van der Waals surface area contributed by atoms with Crippen LogP contribution in [0.1, 0.15) is 49.9 Å². The van der Waals surface area contributed by atoms with Gasteiger partial charge in [0.15, 0.2) is 0 Å². The van der Waals surface area contributed by atoms with Crippen molar-refractivity contribution in [1.82, 2.24) is 0 Å². The van der Waals surface area contributed by atoms with E-state index >= 15 is 0 Å². The highest BCUT2D eigenvalue weighted by atomic mass is 15.1. The highest BCUT2D eigenvalue weighted by Crippen LogP contribution is 2.57. The van der Waals surface area contributed by atoms with Crippen LogP contribution < -0.4 is 4.90 Å². The molecule has 0 saturated carbocycles. The minimum absolute atomic E-state index is 0.110. The van der Waals surface area contributed by atoms with Crippen LogP contribution in [0.4, 0.5) is 17.1 Å². The highest BCUT2D eigenvalue weighted by Gasteiger charge is 2.39. The maximum atomic E-state index is 2.55. The predicted octanol–water partition coefficient (Wildman–Crippen LogP) is 13.7. The van der Waals surface area contributed by atoms with Crippen molar-refractivity contribution >= 4 is 38.6 Å². The summed E-state index contributed by atoms with van der Waals surface area (Å²) in [5.41, 5.74) is 16.5. The molecule has 1 nitrogen and oxygen atoms in total. The van der Waals surface area contributed by atoms with Gasteiger partial charge in [-0.2, -0.15) is 0 Å². The average Bonchev–Trinajstić information content (AvgIpc) is 3.39. The molecule has 0 radical (unpaired) electrons. The second kappa shape index (κ2) is 10.8. The van der Waals surface area contributed by atoms with Crippen molar-refractivity contribution < 1.29 is 0 Å². The van der Waals surface area contributed by atoms with E-state index in [2.05, 4.69) is 196 Å². The second-order valence-corrected chi connectivity index (χ2v) is 15.3. The van der Waals surface area contributed by atoms with E-state index in [4.69, 9.17) is 0 Å². The van der Waals surface area contributed by atoms with Gasteiger partial charge in [-0.25, -0.2) is 0 Å². The van der Waals surface area contributed by atoms with E-state index in [1.54, 1.807) is 0 Å². The van der Waals surface area contributed by atoms with Crippen LogP contribution in [0.15, 0.2) is 164 Å². The van der Waals surface area contributed by atoms with Crippen LogP contribution in [0.3, 0.4) is 0 Å². The molecule has 51 heavy (non-hydrogen) atoms. The summed E-state index contributed by atoms with van der Waals surface area (Å²) >= 11 is 0. The summed E-state index contributed by atoms with van der Waals surface area (Å²) in [6, 6.07) is 61.0. The zero-order chi connectivity index (χ0) is 34.5. The van der Waals surface area contributed by atoms with Crippen LogP contribution in [0.25, 0.3) is 54.9 Å². The van der Waals surface area contributed by atoms with Crippen LogP contribution in [-0.4, -0.2) is 0 Å². The molecule has 0 atom stereocenters. The van der Waals surface area contributed by atoms with Gasteiger partial charge in [0.1, 0.15) is 0 Å². The number of hydrogen-bond donors (Lipinski definition) is 0. The Labute approximate surface area is 300 Å². The summed E-state index contributed by atoms with van der Waals surface area (Å²) < 4.78 is 0. The minimum Gasteiger partial charge on any atom is -0.310 e. The van der Waals surface area contributed by atoms with Gasteiger partial charge in [-0.3, -0.25) is 0 Å². The zero-order valence-corrected chi connectivity index (χ0v) is 29.5. The van der Waals surface area contributed by atoms with E-state index in [-0.39, 0.29) is 10.8 Å². The van der Waals surface area contributed by atoms with E-state index in [9.17, 15) is 0 Å². The lowest BCUT2D eigenvalue weighted by Gasteiger charge is -2.40. The Bertz CT molecular complexity index is 2690. The molecule has 0 aliphatic heterocycles. The normalized spacial score (nSPS) is 14.6. The molecule has 0 aromatic heterocycles. The summed E-state index contributed by atoms with van der Waals surface area (Å²) in [6.45, 7) is 9.59. The van der Waals surface area contributed by atoms with Crippen molar-refractivity contribution in [2.45, 2.75) is 38.5 Å². The van der Waals surface area contributed by atoms with Crippen LogP contribution in [0.5, 0.6) is 0 Å². The Hall–Kier alpha value is -5.92. The topological polar surface area (TPSA) is 3.24 Å². The lowest BCUT2D eigenvalue weighted by atomic mass is 9.66. The molecule has 0 amide bonds. The molecule has 8 aromatic carbocycles. The fourth-order valence-corrected chi connectivity index (χ4v) is 9.41. The third kappa shape index (κ3) is 4.22. The Morgan fingerprint density at radius 3 is 1.92 bits per heavy atom. The van der Waals surface area contributed by atoms with Gasteiger partial charge in [0.05, 0.1) is 11.4 Å². The largest absolute Gasteiger partial charge is 0.310 e. The number of anilines is 3. The minimum atomic E-state index is -0.275. The van der Waals surface area contributed by atoms with E-state index < -0.39 is 0 Å². The Morgan fingerprint density at radius 2 is 1.04 bits per heavy atom. The van der Waals surface area contributed by atoms with Crippen LogP contribution in [-0.2, 0) is 10.8 Å². The molecule has 0 unspecified atom stereocenters. The van der Waals surface area contributed by atoms with E-state index in [0.717, 1.165) is 0 Å². The highest BCUT2D eigenvalue weighted by molar-refractivity contribution is 6.11. The molecule has 0 bridgehead atoms. The first-order valence-corrected chi connectivity index (χ1v) is 18.1. The fraction of sp³-hybridized carbons (Fsp3) is 0.120. The van der Waals surface area contributed by atoms with E-state index in [0.29, 0.717) is 0 Å². The average molecular weight is 654 g/mol. The molecule has 8 aromatic rings. The third-order valence-corrected chi connectivity index (χ3v) is 11.8. The molecule has 0 heterocycles. The van der Waals surface area contributed by atoms with Gasteiger partial charge in [0.25, 0.3) is 0 Å². The summed E-state index contributed by atoms with van der Waals surface area (Å²) in [5, 5.41) is 5.13. The lowest BCUT2D eigenvalue weighted by molar-refractivity contribution is 0.645. The number of rotatable bonds is 4. The van der Waals surface area contributed by atoms with Crippen LogP contribution >= 0.6 is 0 Å². The molecular formula is C50H39N. The van der Waals surface area contributed by atoms with Gasteiger partial charge >= 0.3 is 0 Å². The maximum Gasteiger partial charge on any atom is 0.0540 e. The molecule has 2 aliphatic rings. The van der Waals surface area contributed by atoms with E-state index in [1.807, 2.05) is 0 Å². The fourth-order valence-electron chi connectivity index (χ4n) is 9.41. The van der Waals surface area contributed by atoms with Gasteiger partial charge in [0, 0.05) is 21.9 Å². The zero-order valence-electron chi connectivity index (χ0n) is 29.5. The summed E-state index contributed by atoms with van der Waals surface area (Å²) in [4.78, 5) is 2.55. The standard InChI is InChI=1S/C50H39N/c1-49(2)41-23-11-10-21-38(41)39-30-28-35(31-43(39)49)51(44-25-13-18-32-17-8-9-20-36(32)44)45-26-14-22-40-47-37(33-15-6-5-7-16-33)29-27-34-19-12-24-42(46(34)47)50(3,4)48(40)45/h5-31H,1-4H3. The molecule has 2 aliphatic carbocycles.